The second kappa shape index (κ2) is 2.92. The zero-order chi connectivity index (χ0) is 8.48. The van der Waals surface area contributed by atoms with Crippen molar-refractivity contribution in [1.29, 1.82) is 0 Å². The molecule has 1 aromatic rings. The van der Waals surface area contributed by atoms with Crippen molar-refractivity contribution in [2.45, 2.75) is 5.75 Å². The minimum atomic E-state index is -3.52. The standard InChI is InChI=1S/C4H5BrN2O3S/c5-3-1-10-7-4(3)2-11(6,8)9/h1H,2H2,(H2,6,8,9). The van der Waals surface area contributed by atoms with Crippen LogP contribution in [0, 0.1) is 0 Å². The van der Waals surface area contributed by atoms with Gasteiger partial charge in [0.25, 0.3) is 0 Å². The molecule has 0 fully saturated rings. The van der Waals surface area contributed by atoms with Gasteiger partial charge in [-0.1, -0.05) is 5.16 Å². The number of rotatable bonds is 2. The predicted octanol–water partition coefficient (Wildman–Crippen LogP) is 0.226. The van der Waals surface area contributed by atoms with Gasteiger partial charge in [0.05, 0.1) is 4.47 Å². The molecular weight excluding hydrogens is 236 g/mol. The fourth-order valence-electron chi connectivity index (χ4n) is 0.534. The lowest BCUT2D eigenvalue weighted by atomic mass is 10.5. The normalized spacial score (nSPS) is 11.8. The van der Waals surface area contributed by atoms with Crippen molar-refractivity contribution in [3.05, 3.63) is 16.4 Å². The Morgan fingerprint density at radius 3 is 2.73 bits per heavy atom. The smallest absolute Gasteiger partial charge is 0.215 e. The molecule has 0 spiro atoms. The van der Waals surface area contributed by atoms with Gasteiger partial charge in [0.2, 0.25) is 10.0 Å². The van der Waals surface area contributed by atoms with Crippen molar-refractivity contribution >= 4 is 26.0 Å². The van der Waals surface area contributed by atoms with E-state index in [0.717, 1.165) is 0 Å². The molecule has 11 heavy (non-hydrogen) atoms. The number of primary sulfonamides is 1. The summed E-state index contributed by atoms with van der Waals surface area (Å²) in [6.45, 7) is 0. The average Bonchev–Trinajstić information content (AvgIpc) is 2.12. The Morgan fingerprint density at radius 2 is 2.36 bits per heavy atom. The lowest BCUT2D eigenvalue weighted by Crippen LogP contribution is -2.14. The topological polar surface area (TPSA) is 86.2 Å². The summed E-state index contributed by atoms with van der Waals surface area (Å²) >= 11 is 3.04. The van der Waals surface area contributed by atoms with Crippen molar-refractivity contribution in [1.82, 2.24) is 5.16 Å². The number of hydrogen-bond donors (Lipinski definition) is 1. The van der Waals surface area contributed by atoms with Crippen LogP contribution in [0.5, 0.6) is 0 Å². The van der Waals surface area contributed by atoms with E-state index in [2.05, 4.69) is 25.6 Å². The molecule has 0 saturated carbocycles. The molecule has 0 atom stereocenters. The number of nitrogens with zero attached hydrogens (tertiary/aromatic N) is 1. The molecule has 0 radical (unpaired) electrons. The number of sulfonamides is 1. The van der Waals surface area contributed by atoms with Gasteiger partial charge in [-0.3, -0.25) is 0 Å². The van der Waals surface area contributed by atoms with Gasteiger partial charge in [-0.05, 0) is 15.9 Å². The van der Waals surface area contributed by atoms with Crippen LogP contribution in [0.4, 0.5) is 0 Å². The first kappa shape index (κ1) is 8.69. The van der Waals surface area contributed by atoms with Crippen LogP contribution < -0.4 is 5.14 Å². The minimum absolute atomic E-state index is 0.285. The molecule has 1 heterocycles. The monoisotopic (exact) mass is 240 g/mol. The molecule has 7 heteroatoms. The molecule has 5 nitrogen and oxygen atoms in total. The van der Waals surface area contributed by atoms with Crippen LogP contribution in [-0.2, 0) is 15.8 Å². The Hall–Kier alpha value is -0.400. The zero-order valence-electron chi connectivity index (χ0n) is 5.32. The average molecular weight is 241 g/mol. The lowest BCUT2D eigenvalue weighted by molar-refractivity contribution is 0.413. The van der Waals surface area contributed by atoms with E-state index in [1.54, 1.807) is 0 Å². The lowest BCUT2D eigenvalue weighted by Gasteiger charge is -1.91. The minimum Gasteiger partial charge on any atom is -0.363 e. The van der Waals surface area contributed by atoms with Gasteiger partial charge >= 0.3 is 0 Å². The maximum Gasteiger partial charge on any atom is 0.215 e. The van der Waals surface area contributed by atoms with Crippen LogP contribution in [0.15, 0.2) is 15.3 Å². The highest BCUT2D eigenvalue weighted by Crippen LogP contribution is 2.15. The third-order valence-corrected chi connectivity index (χ3v) is 2.25. The number of nitrogens with two attached hydrogens (primary N) is 1. The Morgan fingerprint density at radius 1 is 1.73 bits per heavy atom. The van der Waals surface area contributed by atoms with Gasteiger partial charge < -0.3 is 4.52 Å². The van der Waals surface area contributed by atoms with Crippen LogP contribution in [0.25, 0.3) is 0 Å². The van der Waals surface area contributed by atoms with Crippen LogP contribution >= 0.6 is 15.9 Å². The third-order valence-electron chi connectivity index (χ3n) is 0.933. The molecule has 0 aliphatic carbocycles. The zero-order valence-corrected chi connectivity index (χ0v) is 7.72. The summed E-state index contributed by atoms with van der Waals surface area (Å²) in [6.07, 6.45) is 1.29. The second-order valence-corrected chi connectivity index (χ2v) is 4.39. The van der Waals surface area contributed by atoms with Crippen molar-refractivity contribution < 1.29 is 12.9 Å². The maximum absolute atomic E-state index is 10.5. The van der Waals surface area contributed by atoms with Gasteiger partial charge in [-0.2, -0.15) is 0 Å². The summed E-state index contributed by atoms with van der Waals surface area (Å²) in [6, 6.07) is 0. The second-order valence-electron chi connectivity index (χ2n) is 1.92. The summed E-state index contributed by atoms with van der Waals surface area (Å²) in [5.74, 6) is -0.315. The maximum atomic E-state index is 10.5. The van der Waals surface area contributed by atoms with Crippen LogP contribution in [0.3, 0.4) is 0 Å². The van der Waals surface area contributed by atoms with E-state index in [0.29, 0.717) is 4.47 Å². The summed E-state index contributed by atoms with van der Waals surface area (Å²) in [5.41, 5.74) is 0.285. The SMILES string of the molecule is NS(=O)(=O)Cc1nocc1Br. The Balaban J connectivity index is 2.89. The summed E-state index contributed by atoms with van der Waals surface area (Å²) in [4.78, 5) is 0. The van der Waals surface area contributed by atoms with E-state index < -0.39 is 10.0 Å². The summed E-state index contributed by atoms with van der Waals surface area (Å²) < 4.78 is 26.0. The van der Waals surface area contributed by atoms with Gasteiger partial charge in [-0.25, -0.2) is 13.6 Å². The van der Waals surface area contributed by atoms with Crippen molar-refractivity contribution in [2.24, 2.45) is 5.14 Å². The van der Waals surface area contributed by atoms with Crippen molar-refractivity contribution in [3.8, 4) is 0 Å². The molecule has 62 valence electrons. The van der Waals surface area contributed by atoms with E-state index in [-0.39, 0.29) is 11.4 Å². The fraction of sp³-hybridized carbons (Fsp3) is 0.250. The molecule has 0 unspecified atom stereocenters. The van der Waals surface area contributed by atoms with Gasteiger partial charge in [-0.15, -0.1) is 0 Å². The van der Waals surface area contributed by atoms with Crippen LogP contribution in [0.2, 0.25) is 0 Å². The molecule has 0 aliphatic rings. The number of hydrogen-bond acceptors (Lipinski definition) is 4. The molecule has 0 saturated heterocycles. The van der Waals surface area contributed by atoms with E-state index in [9.17, 15) is 8.42 Å². The first-order valence-electron chi connectivity index (χ1n) is 2.58. The Bertz CT molecular complexity index is 344. The highest BCUT2D eigenvalue weighted by Gasteiger charge is 2.11. The Labute approximate surface area is 71.7 Å². The Kier molecular flexibility index (Phi) is 2.31. The molecule has 1 rings (SSSR count). The first-order chi connectivity index (χ1) is 4.99. The van der Waals surface area contributed by atoms with Gasteiger partial charge in [0, 0.05) is 0 Å². The third kappa shape index (κ3) is 2.60. The van der Waals surface area contributed by atoms with Gasteiger partial charge in [0.1, 0.15) is 17.7 Å². The summed E-state index contributed by atoms with van der Waals surface area (Å²) in [5, 5.41) is 8.19. The van der Waals surface area contributed by atoms with E-state index in [1.807, 2.05) is 0 Å². The summed E-state index contributed by atoms with van der Waals surface area (Å²) in [7, 11) is -3.52. The van der Waals surface area contributed by atoms with Gasteiger partial charge in [0.15, 0.2) is 0 Å². The fourth-order valence-corrected chi connectivity index (χ4v) is 1.60. The van der Waals surface area contributed by atoms with E-state index in [1.165, 1.54) is 6.26 Å². The quantitative estimate of drug-likeness (QED) is 0.802. The van der Waals surface area contributed by atoms with E-state index >= 15 is 0 Å². The highest BCUT2D eigenvalue weighted by molar-refractivity contribution is 9.10. The largest absolute Gasteiger partial charge is 0.363 e. The van der Waals surface area contributed by atoms with E-state index in [4.69, 9.17) is 5.14 Å². The van der Waals surface area contributed by atoms with Crippen LogP contribution in [0.1, 0.15) is 5.69 Å². The van der Waals surface area contributed by atoms with Crippen molar-refractivity contribution in [3.63, 3.8) is 0 Å². The molecule has 0 amide bonds. The molecule has 0 bridgehead atoms. The number of aromatic nitrogens is 1. The number of halogens is 1. The first-order valence-corrected chi connectivity index (χ1v) is 5.09. The highest BCUT2D eigenvalue weighted by atomic mass is 79.9. The molecule has 0 aromatic carbocycles. The molecular formula is C4H5BrN2O3S. The molecule has 1 aromatic heterocycles. The molecule has 2 N–H and O–H groups in total. The van der Waals surface area contributed by atoms with Crippen molar-refractivity contribution in [2.75, 3.05) is 0 Å². The van der Waals surface area contributed by atoms with Crippen LogP contribution in [-0.4, -0.2) is 13.6 Å². The molecule has 0 aliphatic heterocycles. The predicted molar refractivity (Wildman–Crippen MR) is 41.0 cm³/mol.